The van der Waals surface area contributed by atoms with Crippen LogP contribution in [0, 0.1) is 12.3 Å². The molecule has 0 saturated carbocycles. The summed E-state index contributed by atoms with van der Waals surface area (Å²) in [6.45, 7) is 3.86. The van der Waals surface area contributed by atoms with E-state index in [1.54, 1.807) is 18.2 Å². The molecular formula is C19H20N4O. The molecule has 0 unspecified atom stereocenters. The largest absolute Gasteiger partial charge is 0.507 e. The molecule has 122 valence electrons. The van der Waals surface area contributed by atoms with Crippen molar-refractivity contribution < 1.29 is 5.11 Å². The highest BCUT2D eigenvalue weighted by molar-refractivity contribution is 6.07. The minimum absolute atomic E-state index is 0.120. The maximum absolute atomic E-state index is 10.1. The van der Waals surface area contributed by atoms with E-state index >= 15 is 0 Å². The molecular weight excluding hydrogens is 300 g/mol. The third-order valence-electron chi connectivity index (χ3n) is 3.81. The average molecular weight is 320 g/mol. The highest BCUT2D eigenvalue weighted by Gasteiger charge is 2.16. The monoisotopic (exact) mass is 320 g/mol. The summed E-state index contributed by atoms with van der Waals surface area (Å²) in [5.74, 6) is 0.532. The van der Waals surface area contributed by atoms with Gasteiger partial charge in [0.05, 0.1) is 22.5 Å². The topological polar surface area (TPSA) is 95.9 Å². The fraction of sp³-hybridized carbons (Fsp3) is 0.211. The third kappa shape index (κ3) is 3.12. The lowest BCUT2D eigenvalue weighted by molar-refractivity contribution is 0.477. The van der Waals surface area contributed by atoms with Crippen LogP contribution in [0.25, 0.3) is 22.3 Å². The van der Waals surface area contributed by atoms with E-state index in [0.29, 0.717) is 29.2 Å². The summed E-state index contributed by atoms with van der Waals surface area (Å²) in [4.78, 5) is 9.15. The number of rotatable bonds is 4. The number of benzene rings is 2. The van der Waals surface area contributed by atoms with Gasteiger partial charge in [-0.3, -0.25) is 0 Å². The molecule has 4 N–H and O–H groups in total. The van der Waals surface area contributed by atoms with Gasteiger partial charge in [-0.1, -0.05) is 24.3 Å². The van der Waals surface area contributed by atoms with Gasteiger partial charge in [-0.2, -0.15) is 0 Å². The van der Waals surface area contributed by atoms with Crippen LogP contribution in [0.4, 0.5) is 0 Å². The first-order chi connectivity index (χ1) is 11.5. The Kier molecular flexibility index (Phi) is 4.27. The number of nitrogens with one attached hydrogen (secondary N) is 1. The zero-order valence-corrected chi connectivity index (χ0v) is 13.7. The van der Waals surface area contributed by atoms with Crippen LogP contribution in [-0.4, -0.2) is 26.8 Å². The minimum atomic E-state index is -0.124. The summed E-state index contributed by atoms with van der Waals surface area (Å²) in [7, 11) is 0. The van der Waals surface area contributed by atoms with Gasteiger partial charge in [0, 0.05) is 17.8 Å². The predicted octanol–water partition coefficient (Wildman–Crippen LogP) is 3.42. The Morgan fingerprint density at radius 1 is 1.21 bits per heavy atom. The van der Waals surface area contributed by atoms with Crippen molar-refractivity contribution in [3.05, 3.63) is 53.7 Å². The number of phenols is 1. The van der Waals surface area contributed by atoms with Gasteiger partial charge in [0.15, 0.2) is 5.82 Å². The fourth-order valence-electron chi connectivity index (χ4n) is 2.67. The lowest BCUT2D eigenvalue weighted by atomic mass is 10.0. The molecule has 0 spiro atoms. The van der Waals surface area contributed by atoms with E-state index in [1.165, 1.54) is 0 Å². The van der Waals surface area contributed by atoms with Gasteiger partial charge in [0.2, 0.25) is 0 Å². The number of phenolic OH excluding ortho intramolecular Hbond substituents is 1. The SMILES string of the molecule is Cc1ccc2c(C(=N)C[C@H](C)N)nc(-c3ccccc3O)nc2c1. The number of nitrogens with two attached hydrogens (primary N) is 1. The van der Waals surface area contributed by atoms with Crippen LogP contribution in [0.3, 0.4) is 0 Å². The second kappa shape index (κ2) is 6.37. The molecule has 24 heavy (non-hydrogen) atoms. The van der Waals surface area contributed by atoms with E-state index in [0.717, 1.165) is 16.5 Å². The Bertz CT molecular complexity index is 918. The number of hydrogen-bond donors (Lipinski definition) is 3. The summed E-state index contributed by atoms with van der Waals surface area (Å²) in [6, 6.07) is 12.7. The smallest absolute Gasteiger partial charge is 0.164 e. The zero-order chi connectivity index (χ0) is 17.3. The molecule has 1 aromatic heterocycles. The van der Waals surface area contributed by atoms with E-state index < -0.39 is 0 Å². The number of para-hydroxylation sites is 1. The molecule has 1 heterocycles. The Labute approximate surface area is 140 Å². The van der Waals surface area contributed by atoms with Crippen molar-refractivity contribution in [1.82, 2.24) is 9.97 Å². The number of fused-ring (bicyclic) bond motifs is 1. The van der Waals surface area contributed by atoms with Crippen molar-refractivity contribution in [3.63, 3.8) is 0 Å². The van der Waals surface area contributed by atoms with E-state index in [2.05, 4.69) is 9.97 Å². The van der Waals surface area contributed by atoms with E-state index in [1.807, 2.05) is 38.1 Å². The van der Waals surface area contributed by atoms with Gasteiger partial charge < -0.3 is 16.2 Å². The van der Waals surface area contributed by atoms with Crippen molar-refractivity contribution in [1.29, 1.82) is 5.41 Å². The van der Waals surface area contributed by atoms with Crippen LogP contribution < -0.4 is 5.73 Å². The summed E-state index contributed by atoms with van der Waals surface area (Å²) in [6.07, 6.45) is 0.431. The Hall–Kier alpha value is -2.79. The molecule has 0 fully saturated rings. The number of aromatic nitrogens is 2. The van der Waals surface area contributed by atoms with Crippen molar-refractivity contribution in [2.45, 2.75) is 26.3 Å². The Balaban J connectivity index is 2.25. The molecule has 5 heteroatoms. The minimum Gasteiger partial charge on any atom is -0.507 e. The lowest BCUT2D eigenvalue weighted by Gasteiger charge is -2.12. The first-order valence-electron chi connectivity index (χ1n) is 7.86. The van der Waals surface area contributed by atoms with E-state index in [-0.39, 0.29) is 11.8 Å². The molecule has 0 aliphatic carbocycles. The highest BCUT2D eigenvalue weighted by atomic mass is 16.3. The van der Waals surface area contributed by atoms with Crippen LogP contribution in [0.2, 0.25) is 0 Å². The molecule has 0 aliphatic heterocycles. The number of aromatic hydroxyl groups is 1. The number of aryl methyl sites for hydroxylation is 1. The van der Waals surface area contributed by atoms with Gasteiger partial charge in [0.25, 0.3) is 0 Å². The first-order valence-corrected chi connectivity index (χ1v) is 7.86. The summed E-state index contributed by atoms with van der Waals surface area (Å²) in [5, 5.41) is 19.3. The van der Waals surface area contributed by atoms with Crippen molar-refractivity contribution in [2.75, 3.05) is 0 Å². The normalized spacial score (nSPS) is 12.3. The average Bonchev–Trinajstić information content (AvgIpc) is 2.53. The van der Waals surface area contributed by atoms with Gasteiger partial charge in [-0.15, -0.1) is 0 Å². The molecule has 0 saturated heterocycles. The molecule has 2 aromatic carbocycles. The van der Waals surface area contributed by atoms with Gasteiger partial charge in [-0.25, -0.2) is 9.97 Å². The summed E-state index contributed by atoms with van der Waals surface area (Å²) < 4.78 is 0. The van der Waals surface area contributed by atoms with Gasteiger partial charge >= 0.3 is 0 Å². The van der Waals surface area contributed by atoms with E-state index in [4.69, 9.17) is 11.1 Å². The first kappa shape index (κ1) is 16.1. The van der Waals surface area contributed by atoms with Crippen LogP contribution in [0.5, 0.6) is 5.75 Å². The van der Waals surface area contributed by atoms with Crippen LogP contribution in [0.1, 0.15) is 24.6 Å². The molecule has 0 radical (unpaired) electrons. The van der Waals surface area contributed by atoms with Crippen molar-refractivity contribution >= 4 is 16.6 Å². The standard InChI is InChI=1S/C19H20N4O/c1-11-7-8-13-16(9-11)22-19(14-5-3-4-6-17(14)24)23-18(13)15(21)10-12(2)20/h3-9,12,21,24H,10,20H2,1-2H3/t12-/m0/s1. The maximum atomic E-state index is 10.1. The molecule has 5 nitrogen and oxygen atoms in total. The second-order valence-electron chi connectivity index (χ2n) is 6.09. The highest BCUT2D eigenvalue weighted by Crippen LogP contribution is 2.29. The van der Waals surface area contributed by atoms with Gasteiger partial charge in [0.1, 0.15) is 5.75 Å². The fourth-order valence-corrected chi connectivity index (χ4v) is 2.67. The molecule has 0 amide bonds. The van der Waals surface area contributed by atoms with Crippen LogP contribution in [-0.2, 0) is 0 Å². The van der Waals surface area contributed by atoms with E-state index in [9.17, 15) is 5.11 Å². The van der Waals surface area contributed by atoms with Crippen molar-refractivity contribution in [2.24, 2.45) is 5.73 Å². The van der Waals surface area contributed by atoms with Crippen LogP contribution in [0.15, 0.2) is 42.5 Å². The summed E-state index contributed by atoms with van der Waals surface area (Å²) in [5.41, 5.74) is 9.17. The van der Waals surface area contributed by atoms with Gasteiger partial charge in [-0.05, 0) is 37.6 Å². The lowest BCUT2D eigenvalue weighted by Crippen LogP contribution is -2.20. The number of hydrogen-bond acceptors (Lipinski definition) is 5. The second-order valence-corrected chi connectivity index (χ2v) is 6.09. The molecule has 3 rings (SSSR count). The molecule has 0 bridgehead atoms. The zero-order valence-electron chi connectivity index (χ0n) is 13.7. The predicted molar refractivity (Wildman–Crippen MR) is 96.5 cm³/mol. The Morgan fingerprint density at radius 3 is 2.67 bits per heavy atom. The third-order valence-corrected chi connectivity index (χ3v) is 3.81. The van der Waals surface area contributed by atoms with Crippen molar-refractivity contribution in [3.8, 4) is 17.1 Å². The summed E-state index contributed by atoms with van der Waals surface area (Å²) >= 11 is 0. The number of nitrogens with zero attached hydrogens (tertiary/aromatic N) is 2. The molecule has 0 aliphatic rings. The van der Waals surface area contributed by atoms with Crippen LogP contribution >= 0.6 is 0 Å². The molecule has 1 atom stereocenters. The maximum Gasteiger partial charge on any atom is 0.164 e. The Morgan fingerprint density at radius 2 is 1.96 bits per heavy atom. The quantitative estimate of drug-likeness (QED) is 0.642. The molecule has 3 aromatic rings.